The molecule has 4 rings (SSSR count). The van der Waals surface area contributed by atoms with Crippen LogP contribution in [0.3, 0.4) is 0 Å². The normalized spacial score (nSPS) is 11.7. The Bertz CT molecular complexity index is 1480. The van der Waals surface area contributed by atoms with Crippen LogP contribution in [0.1, 0.15) is 11.3 Å². The number of nitrogens with one attached hydrogen (secondary N) is 3. The fourth-order valence-corrected chi connectivity index (χ4v) is 3.73. The third kappa shape index (κ3) is 7.49. The SMILES string of the molecule is COC(=O)Nc1ccc(NC(=O)[C@H](Cc2ccn(C)n2)NC(=O)/C=C/c2cc(Cl)ccc2-n2cnnn2)cc1. The lowest BCUT2D eigenvalue weighted by Gasteiger charge is -2.17. The molecule has 0 unspecified atom stereocenters. The molecule has 39 heavy (non-hydrogen) atoms. The van der Waals surface area contributed by atoms with Crippen molar-refractivity contribution in [1.82, 2.24) is 35.3 Å². The molecule has 2 heterocycles. The highest BCUT2D eigenvalue weighted by Crippen LogP contribution is 2.20. The second-order valence-corrected chi connectivity index (χ2v) is 8.66. The number of amides is 3. The Morgan fingerprint density at radius 2 is 1.82 bits per heavy atom. The Hall–Kier alpha value is -5.04. The molecule has 0 saturated heterocycles. The summed E-state index contributed by atoms with van der Waals surface area (Å²) in [5.74, 6) is -0.959. The van der Waals surface area contributed by atoms with E-state index in [1.54, 1.807) is 72.5 Å². The Kier molecular flexibility index (Phi) is 8.64. The van der Waals surface area contributed by atoms with Crippen LogP contribution in [-0.4, -0.2) is 61.0 Å². The highest BCUT2D eigenvalue weighted by Gasteiger charge is 2.22. The Balaban J connectivity index is 1.49. The number of tetrazole rings is 1. The van der Waals surface area contributed by atoms with Gasteiger partial charge in [-0.2, -0.15) is 9.78 Å². The molecule has 2 aromatic heterocycles. The van der Waals surface area contributed by atoms with Crippen molar-refractivity contribution in [2.75, 3.05) is 17.7 Å². The number of halogens is 1. The zero-order valence-corrected chi connectivity index (χ0v) is 21.7. The number of benzene rings is 2. The minimum Gasteiger partial charge on any atom is -0.453 e. The molecule has 3 N–H and O–H groups in total. The molecule has 14 heteroatoms. The predicted octanol–water partition coefficient (Wildman–Crippen LogP) is 2.61. The van der Waals surface area contributed by atoms with Gasteiger partial charge in [0, 0.05) is 47.7 Å². The van der Waals surface area contributed by atoms with Crippen molar-refractivity contribution in [1.29, 1.82) is 0 Å². The highest BCUT2D eigenvalue weighted by molar-refractivity contribution is 6.30. The maximum absolute atomic E-state index is 13.2. The number of nitrogens with zero attached hydrogens (tertiary/aromatic N) is 6. The van der Waals surface area contributed by atoms with Crippen molar-refractivity contribution in [2.45, 2.75) is 12.5 Å². The van der Waals surface area contributed by atoms with Gasteiger partial charge in [0.15, 0.2) is 0 Å². The summed E-state index contributed by atoms with van der Waals surface area (Å²) in [7, 11) is 3.02. The summed E-state index contributed by atoms with van der Waals surface area (Å²) in [6, 6.07) is 12.3. The summed E-state index contributed by atoms with van der Waals surface area (Å²) in [5, 5.41) is 24.0. The van der Waals surface area contributed by atoms with E-state index in [0.29, 0.717) is 33.3 Å². The van der Waals surface area contributed by atoms with E-state index in [2.05, 4.69) is 41.3 Å². The molecule has 0 aliphatic rings. The second-order valence-electron chi connectivity index (χ2n) is 8.22. The zero-order valence-electron chi connectivity index (χ0n) is 20.9. The smallest absolute Gasteiger partial charge is 0.411 e. The van der Waals surface area contributed by atoms with Crippen molar-refractivity contribution in [3.05, 3.63) is 83.4 Å². The summed E-state index contributed by atoms with van der Waals surface area (Å²) in [4.78, 5) is 37.5. The number of aromatic nitrogens is 6. The van der Waals surface area contributed by atoms with E-state index in [4.69, 9.17) is 11.6 Å². The molecule has 0 spiro atoms. The Morgan fingerprint density at radius 3 is 2.46 bits per heavy atom. The summed E-state index contributed by atoms with van der Waals surface area (Å²) in [6.45, 7) is 0. The lowest BCUT2D eigenvalue weighted by molar-refractivity contribution is -0.123. The molecule has 1 atom stereocenters. The predicted molar refractivity (Wildman–Crippen MR) is 143 cm³/mol. The monoisotopic (exact) mass is 549 g/mol. The number of carbonyl (C=O) groups is 3. The number of methoxy groups -OCH3 is 1. The summed E-state index contributed by atoms with van der Waals surface area (Å²) < 4.78 is 7.62. The fourth-order valence-electron chi connectivity index (χ4n) is 3.55. The van der Waals surface area contributed by atoms with Crippen LogP contribution in [0, 0.1) is 0 Å². The average Bonchev–Trinajstić information content (AvgIpc) is 3.60. The van der Waals surface area contributed by atoms with E-state index in [1.165, 1.54) is 24.2 Å². The number of rotatable bonds is 9. The number of ether oxygens (including phenoxy) is 1. The van der Waals surface area contributed by atoms with Crippen LogP contribution in [0.15, 0.2) is 67.1 Å². The van der Waals surface area contributed by atoms with Gasteiger partial charge in [0.1, 0.15) is 12.4 Å². The maximum Gasteiger partial charge on any atom is 0.411 e. The van der Waals surface area contributed by atoms with Gasteiger partial charge >= 0.3 is 6.09 Å². The first-order valence-electron chi connectivity index (χ1n) is 11.6. The lowest BCUT2D eigenvalue weighted by Crippen LogP contribution is -2.44. The molecule has 13 nitrogen and oxygen atoms in total. The molecule has 3 amide bonds. The van der Waals surface area contributed by atoms with Crippen molar-refractivity contribution < 1.29 is 19.1 Å². The first-order chi connectivity index (χ1) is 18.8. The number of hydrogen-bond acceptors (Lipinski definition) is 8. The first kappa shape index (κ1) is 27.0. The van der Waals surface area contributed by atoms with Crippen LogP contribution < -0.4 is 16.0 Å². The van der Waals surface area contributed by atoms with E-state index >= 15 is 0 Å². The standard InChI is InChI=1S/C25H24ClN9O4/c1-34-12-11-20(31-34)14-21(24(37)28-18-5-7-19(8-6-18)29-25(38)39-2)30-23(36)10-3-16-13-17(26)4-9-22(16)35-15-27-32-33-35/h3-13,15,21H,14H2,1-2H3,(H,28,37)(H,29,38)(H,30,36)/b10-3+/t21-/m0/s1. The highest BCUT2D eigenvalue weighted by atomic mass is 35.5. The average molecular weight is 550 g/mol. The van der Waals surface area contributed by atoms with Gasteiger partial charge in [-0.3, -0.25) is 19.6 Å². The van der Waals surface area contributed by atoms with E-state index in [-0.39, 0.29) is 6.42 Å². The van der Waals surface area contributed by atoms with Gasteiger partial charge < -0.3 is 15.4 Å². The molecule has 2 aromatic carbocycles. The van der Waals surface area contributed by atoms with Gasteiger partial charge in [-0.05, 0) is 65.0 Å². The quantitative estimate of drug-likeness (QED) is 0.269. The van der Waals surface area contributed by atoms with Gasteiger partial charge in [-0.1, -0.05) is 11.6 Å². The molecule has 0 saturated carbocycles. The molecular formula is C25H24ClN9O4. The molecule has 0 fully saturated rings. The van der Waals surface area contributed by atoms with Crippen LogP contribution in [0.4, 0.5) is 16.2 Å². The number of hydrogen-bond donors (Lipinski definition) is 3. The Labute approximate surface area is 227 Å². The van der Waals surface area contributed by atoms with Crippen LogP contribution in [0.2, 0.25) is 5.02 Å². The molecular weight excluding hydrogens is 526 g/mol. The summed E-state index contributed by atoms with van der Waals surface area (Å²) in [6.07, 6.45) is 5.57. The lowest BCUT2D eigenvalue weighted by atomic mass is 10.1. The molecule has 0 aliphatic heterocycles. The van der Waals surface area contributed by atoms with Crippen LogP contribution >= 0.6 is 11.6 Å². The topological polar surface area (TPSA) is 158 Å². The summed E-state index contributed by atoms with van der Waals surface area (Å²) >= 11 is 6.15. The fraction of sp³-hybridized carbons (Fsp3) is 0.160. The Morgan fingerprint density at radius 1 is 1.08 bits per heavy atom. The maximum atomic E-state index is 13.2. The minimum atomic E-state index is -0.941. The van der Waals surface area contributed by atoms with Crippen molar-refractivity contribution >= 4 is 47.0 Å². The molecule has 0 aliphatic carbocycles. The number of carbonyl (C=O) groups excluding carboxylic acids is 3. The molecule has 200 valence electrons. The number of aryl methyl sites for hydroxylation is 1. The first-order valence-corrected chi connectivity index (χ1v) is 11.9. The third-order valence-electron chi connectivity index (χ3n) is 5.40. The number of anilines is 2. The molecule has 0 radical (unpaired) electrons. The zero-order chi connectivity index (χ0) is 27.8. The van der Waals surface area contributed by atoms with E-state index in [9.17, 15) is 14.4 Å². The second kappa shape index (κ2) is 12.5. The van der Waals surface area contributed by atoms with Gasteiger partial charge in [-0.25, -0.2) is 4.79 Å². The van der Waals surface area contributed by atoms with Crippen molar-refractivity contribution in [3.8, 4) is 5.69 Å². The molecule has 0 bridgehead atoms. The van der Waals surface area contributed by atoms with E-state index < -0.39 is 23.9 Å². The van der Waals surface area contributed by atoms with Crippen molar-refractivity contribution in [3.63, 3.8) is 0 Å². The van der Waals surface area contributed by atoms with Crippen LogP contribution in [-0.2, 0) is 27.8 Å². The van der Waals surface area contributed by atoms with Gasteiger partial charge in [-0.15, -0.1) is 5.10 Å². The molecule has 4 aromatic rings. The van der Waals surface area contributed by atoms with Gasteiger partial charge in [0.25, 0.3) is 0 Å². The van der Waals surface area contributed by atoms with E-state index in [1.807, 2.05) is 0 Å². The van der Waals surface area contributed by atoms with Gasteiger partial charge in [0.2, 0.25) is 11.8 Å². The van der Waals surface area contributed by atoms with Crippen molar-refractivity contribution in [2.24, 2.45) is 7.05 Å². The summed E-state index contributed by atoms with van der Waals surface area (Å²) in [5.41, 5.74) is 2.79. The van der Waals surface area contributed by atoms with Crippen LogP contribution in [0.25, 0.3) is 11.8 Å². The largest absolute Gasteiger partial charge is 0.453 e. The van der Waals surface area contributed by atoms with Gasteiger partial charge in [0.05, 0.1) is 18.5 Å². The van der Waals surface area contributed by atoms with E-state index in [0.717, 1.165) is 0 Å². The van der Waals surface area contributed by atoms with Crippen LogP contribution in [0.5, 0.6) is 0 Å². The third-order valence-corrected chi connectivity index (χ3v) is 5.63. The minimum absolute atomic E-state index is 0.154.